The van der Waals surface area contributed by atoms with Gasteiger partial charge in [-0.3, -0.25) is 0 Å². The Bertz CT molecular complexity index is 186. The molecule has 0 aromatic carbocycles. The average Bonchev–Trinajstić information content (AvgIpc) is 1.69. The van der Waals surface area contributed by atoms with Gasteiger partial charge in [-0.2, -0.15) is 0 Å². The Morgan fingerprint density at radius 1 is 1.57 bits per heavy atom. The highest BCUT2D eigenvalue weighted by atomic mass is 14.5. The normalized spacial score (nSPS) is 14.6. The molecule has 0 aromatic heterocycles. The van der Waals surface area contributed by atoms with Gasteiger partial charge in [0.2, 0.25) is 0 Å². The lowest BCUT2D eigenvalue weighted by Gasteiger charge is -1.82. The van der Waals surface area contributed by atoms with Crippen LogP contribution < -0.4 is 5.73 Å². The number of hydrogen-bond donors (Lipinski definition) is 1. The van der Waals surface area contributed by atoms with Crippen molar-refractivity contribution in [3.05, 3.63) is 35.4 Å². The van der Waals surface area contributed by atoms with Gasteiger partial charge in [0.1, 0.15) is 0 Å². The first-order valence-corrected chi connectivity index (χ1v) is 2.03. The van der Waals surface area contributed by atoms with E-state index >= 15 is 0 Å². The van der Waals surface area contributed by atoms with Gasteiger partial charge in [-0.15, -0.1) is 0 Å². The van der Waals surface area contributed by atoms with Crippen LogP contribution in [0.3, 0.4) is 0 Å². The predicted molar refractivity (Wildman–Crippen MR) is 28.4 cm³/mol. The van der Waals surface area contributed by atoms with Gasteiger partial charge in [0.15, 0.2) is 0 Å². The Morgan fingerprint density at radius 3 is 2.71 bits per heavy atom. The standard InChI is InChI=1S/C6H5N/c7-6-4-2-1-3-5-6/h1-2,4H,7H2. The van der Waals surface area contributed by atoms with E-state index in [9.17, 15) is 0 Å². The molecule has 0 fully saturated rings. The lowest BCUT2D eigenvalue weighted by molar-refractivity contribution is 1.43. The number of hydrogen-bond acceptors (Lipinski definition) is 1. The molecule has 0 aliphatic heterocycles. The third kappa shape index (κ3) is 0.834. The molecule has 1 rings (SSSR count). The van der Waals surface area contributed by atoms with Crippen molar-refractivity contribution in [2.45, 2.75) is 0 Å². The molecule has 0 amide bonds. The smallest absolute Gasteiger partial charge is 0.0831 e. The summed E-state index contributed by atoms with van der Waals surface area (Å²) in [7, 11) is 0. The molecule has 0 unspecified atom stereocenters. The van der Waals surface area contributed by atoms with Crippen LogP contribution >= 0.6 is 0 Å². The van der Waals surface area contributed by atoms with E-state index in [-0.39, 0.29) is 0 Å². The van der Waals surface area contributed by atoms with Crippen molar-refractivity contribution < 1.29 is 0 Å². The van der Waals surface area contributed by atoms with E-state index in [0.717, 1.165) is 0 Å². The van der Waals surface area contributed by atoms with Gasteiger partial charge in [-0.25, -0.2) is 0 Å². The Kier molecular flexibility index (Phi) is 0.874. The lowest BCUT2D eigenvalue weighted by atomic mass is 10.3. The van der Waals surface area contributed by atoms with Crippen molar-refractivity contribution in [2.24, 2.45) is 5.73 Å². The van der Waals surface area contributed by atoms with E-state index in [1.807, 2.05) is 6.08 Å². The summed E-state index contributed by atoms with van der Waals surface area (Å²) in [4.78, 5) is 0. The van der Waals surface area contributed by atoms with Crippen molar-refractivity contribution in [2.75, 3.05) is 0 Å². The summed E-state index contributed by atoms with van der Waals surface area (Å²) in [6.45, 7) is 0. The SMILES string of the molecule is NC1=C=C=CC=C1. The number of nitrogens with two attached hydrogens (primary N) is 1. The van der Waals surface area contributed by atoms with Gasteiger partial charge in [0.25, 0.3) is 0 Å². The molecule has 0 spiro atoms. The highest BCUT2D eigenvalue weighted by molar-refractivity contribution is 5.22. The molecule has 0 radical (unpaired) electrons. The zero-order chi connectivity index (χ0) is 5.11. The highest BCUT2D eigenvalue weighted by Crippen LogP contribution is 1.87. The first-order chi connectivity index (χ1) is 3.39. The van der Waals surface area contributed by atoms with Gasteiger partial charge in [-0.05, 0) is 17.9 Å². The maximum absolute atomic E-state index is 5.27. The molecule has 0 heterocycles. The summed E-state index contributed by atoms with van der Waals surface area (Å²) < 4.78 is 0. The zero-order valence-electron chi connectivity index (χ0n) is 3.81. The molecular weight excluding hydrogens is 86.1 g/mol. The fourth-order valence-electron chi connectivity index (χ4n) is 0.367. The molecule has 0 saturated heterocycles. The van der Waals surface area contributed by atoms with E-state index in [1.54, 1.807) is 12.2 Å². The minimum atomic E-state index is 0.641. The first-order valence-electron chi connectivity index (χ1n) is 2.03. The predicted octanol–water partition coefficient (Wildman–Crippen LogP) is 0.709. The molecule has 1 aliphatic carbocycles. The maximum atomic E-state index is 5.27. The van der Waals surface area contributed by atoms with Crippen LogP contribution in [0.4, 0.5) is 0 Å². The van der Waals surface area contributed by atoms with Crippen LogP contribution in [0.5, 0.6) is 0 Å². The van der Waals surface area contributed by atoms with E-state index in [2.05, 4.69) is 11.5 Å². The van der Waals surface area contributed by atoms with Crippen LogP contribution in [0.15, 0.2) is 35.4 Å². The van der Waals surface area contributed by atoms with Crippen LogP contribution in [0, 0.1) is 0 Å². The summed E-state index contributed by atoms with van der Waals surface area (Å²) in [5.41, 5.74) is 11.3. The molecule has 0 aromatic rings. The largest absolute Gasteiger partial charge is 0.392 e. The second kappa shape index (κ2) is 1.53. The van der Waals surface area contributed by atoms with Crippen molar-refractivity contribution in [3.8, 4) is 0 Å². The second-order valence-corrected chi connectivity index (χ2v) is 1.25. The number of rotatable bonds is 0. The third-order valence-electron chi connectivity index (χ3n) is 0.672. The van der Waals surface area contributed by atoms with Crippen molar-refractivity contribution >= 4 is 0 Å². The maximum Gasteiger partial charge on any atom is 0.0831 e. The fraction of sp³-hybridized carbons (Fsp3) is 0. The fourth-order valence-corrected chi connectivity index (χ4v) is 0.367. The van der Waals surface area contributed by atoms with Gasteiger partial charge < -0.3 is 5.73 Å². The monoisotopic (exact) mass is 91.0 g/mol. The van der Waals surface area contributed by atoms with E-state index < -0.39 is 0 Å². The van der Waals surface area contributed by atoms with E-state index in [0.29, 0.717) is 5.70 Å². The number of allylic oxidation sites excluding steroid dienone is 3. The lowest BCUT2D eigenvalue weighted by Crippen LogP contribution is -1.89. The molecule has 2 N–H and O–H groups in total. The topological polar surface area (TPSA) is 26.0 Å². The van der Waals surface area contributed by atoms with Crippen molar-refractivity contribution in [1.29, 1.82) is 0 Å². The molecule has 7 heavy (non-hydrogen) atoms. The summed E-state index contributed by atoms with van der Waals surface area (Å²) in [6, 6.07) is 0. The average molecular weight is 91.1 g/mol. The Labute approximate surface area is 42.1 Å². The zero-order valence-corrected chi connectivity index (χ0v) is 3.81. The molecule has 34 valence electrons. The van der Waals surface area contributed by atoms with Gasteiger partial charge in [0.05, 0.1) is 5.70 Å². The summed E-state index contributed by atoms with van der Waals surface area (Å²) in [6.07, 6.45) is 5.36. The summed E-state index contributed by atoms with van der Waals surface area (Å²) in [5.74, 6) is 0. The summed E-state index contributed by atoms with van der Waals surface area (Å²) >= 11 is 0. The van der Waals surface area contributed by atoms with Crippen molar-refractivity contribution in [1.82, 2.24) is 0 Å². The Hall–Kier alpha value is -1.16. The van der Waals surface area contributed by atoms with E-state index in [1.165, 1.54) is 0 Å². The van der Waals surface area contributed by atoms with E-state index in [4.69, 9.17) is 5.73 Å². The third-order valence-corrected chi connectivity index (χ3v) is 0.672. The Morgan fingerprint density at radius 2 is 2.43 bits per heavy atom. The van der Waals surface area contributed by atoms with Gasteiger partial charge in [0, 0.05) is 0 Å². The molecule has 1 heteroatoms. The quantitative estimate of drug-likeness (QED) is 0.436. The molecule has 0 bridgehead atoms. The second-order valence-electron chi connectivity index (χ2n) is 1.25. The van der Waals surface area contributed by atoms with Crippen LogP contribution in [0.2, 0.25) is 0 Å². The van der Waals surface area contributed by atoms with Crippen LogP contribution in [-0.4, -0.2) is 0 Å². The molecule has 0 saturated carbocycles. The minimum Gasteiger partial charge on any atom is -0.392 e. The highest BCUT2D eigenvalue weighted by Gasteiger charge is 1.75. The summed E-state index contributed by atoms with van der Waals surface area (Å²) in [5, 5.41) is 0. The molecule has 0 atom stereocenters. The minimum absolute atomic E-state index is 0.641. The Balaban J connectivity index is 3.14. The van der Waals surface area contributed by atoms with Crippen LogP contribution in [-0.2, 0) is 0 Å². The molecular formula is C6H5N. The first kappa shape index (κ1) is 4.01. The van der Waals surface area contributed by atoms with Gasteiger partial charge >= 0.3 is 0 Å². The van der Waals surface area contributed by atoms with Crippen LogP contribution in [0.25, 0.3) is 0 Å². The molecule has 1 aliphatic rings. The van der Waals surface area contributed by atoms with Crippen LogP contribution in [0.1, 0.15) is 0 Å². The van der Waals surface area contributed by atoms with Gasteiger partial charge in [-0.1, -0.05) is 11.8 Å². The molecule has 1 nitrogen and oxygen atoms in total. The van der Waals surface area contributed by atoms with Crippen molar-refractivity contribution in [3.63, 3.8) is 0 Å².